The summed E-state index contributed by atoms with van der Waals surface area (Å²) in [5.41, 5.74) is 5.93. The van der Waals surface area contributed by atoms with E-state index in [1.165, 1.54) is 0 Å². The topological polar surface area (TPSA) is 69.0 Å². The molecule has 1 N–H and O–H groups in total. The summed E-state index contributed by atoms with van der Waals surface area (Å²) in [6, 6.07) is 13.6. The number of thiazole rings is 1. The van der Waals surface area contributed by atoms with Crippen molar-refractivity contribution in [1.29, 1.82) is 0 Å². The summed E-state index contributed by atoms with van der Waals surface area (Å²) < 4.78 is 7.35. The molecule has 0 aliphatic rings. The third-order valence-electron chi connectivity index (χ3n) is 5.15. The maximum absolute atomic E-state index is 12.8. The third-order valence-corrected chi connectivity index (χ3v) is 6.05. The van der Waals surface area contributed by atoms with E-state index in [1.54, 1.807) is 24.5 Å². The summed E-state index contributed by atoms with van der Waals surface area (Å²) in [6.45, 7) is 7.98. The highest BCUT2D eigenvalue weighted by Gasteiger charge is 2.21. The summed E-state index contributed by atoms with van der Waals surface area (Å²) >= 11 is 1.55. The van der Waals surface area contributed by atoms with Crippen LogP contribution in [-0.4, -0.2) is 34.1 Å². The Labute approximate surface area is 191 Å². The SMILES string of the molecule is C=CCNC(=O)c1cc(-c2csc(-c3ccc(C)nc3)n2)n(-c2ccc(OC)cc2)c1C. The molecule has 3 heterocycles. The predicted octanol–water partition coefficient (Wildman–Crippen LogP) is 5.20. The van der Waals surface area contributed by atoms with Crippen LogP contribution in [0.2, 0.25) is 0 Å². The number of carbonyl (C=O) groups excluding carboxylic acids is 1. The predicted molar refractivity (Wildman–Crippen MR) is 129 cm³/mol. The summed E-state index contributed by atoms with van der Waals surface area (Å²) in [5.74, 6) is 0.626. The van der Waals surface area contributed by atoms with Gasteiger partial charge in [0.15, 0.2) is 0 Å². The van der Waals surface area contributed by atoms with Crippen LogP contribution in [0.25, 0.3) is 27.6 Å². The Hall–Kier alpha value is -3.71. The van der Waals surface area contributed by atoms with E-state index in [1.807, 2.05) is 67.9 Å². The Morgan fingerprint density at radius 2 is 2.00 bits per heavy atom. The van der Waals surface area contributed by atoms with Crippen molar-refractivity contribution in [3.63, 3.8) is 0 Å². The number of ether oxygens (including phenoxy) is 1. The van der Waals surface area contributed by atoms with E-state index in [4.69, 9.17) is 9.72 Å². The van der Waals surface area contributed by atoms with Crippen molar-refractivity contribution in [3.05, 3.63) is 83.6 Å². The smallest absolute Gasteiger partial charge is 0.253 e. The summed E-state index contributed by atoms with van der Waals surface area (Å²) in [5, 5.41) is 5.76. The standard InChI is InChI=1S/C25H24N4O2S/c1-5-12-26-24(30)21-13-23(29(17(21)3)19-8-10-20(31-4)11-9-19)22-15-32-25(28-22)18-7-6-16(2)27-14-18/h5-11,13-15H,1,12H2,2-4H3,(H,26,30). The fraction of sp³-hybridized carbons (Fsp3) is 0.160. The zero-order valence-electron chi connectivity index (χ0n) is 18.3. The van der Waals surface area contributed by atoms with Crippen molar-refractivity contribution in [3.8, 4) is 33.4 Å². The molecular weight excluding hydrogens is 420 g/mol. The van der Waals surface area contributed by atoms with Crippen molar-refractivity contribution >= 4 is 17.2 Å². The number of hydrogen-bond acceptors (Lipinski definition) is 5. The number of nitrogens with one attached hydrogen (secondary N) is 1. The Morgan fingerprint density at radius 3 is 2.66 bits per heavy atom. The first-order valence-electron chi connectivity index (χ1n) is 10.2. The van der Waals surface area contributed by atoms with Crippen molar-refractivity contribution in [2.45, 2.75) is 13.8 Å². The van der Waals surface area contributed by atoms with E-state index in [0.29, 0.717) is 12.1 Å². The molecular formula is C25H24N4O2S. The molecule has 6 nitrogen and oxygen atoms in total. The lowest BCUT2D eigenvalue weighted by atomic mass is 10.2. The molecule has 32 heavy (non-hydrogen) atoms. The molecule has 0 fully saturated rings. The number of rotatable bonds is 7. The maximum Gasteiger partial charge on any atom is 0.253 e. The number of aryl methyl sites for hydroxylation is 1. The number of hydrogen-bond donors (Lipinski definition) is 1. The van der Waals surface area contributed by atoms with Gasteiger partial charge in [-0.2, -0.15) is 0 Å². The Balaban J connectivity index is 1.82. The van der Waals surface area contributed by atoms with Crippen molar-refractivity contribution in [2.75, 3.05) is 13.7 Å². The van der Waals surface area contributed by atoms with Gasteiger partial charge in [0, 0.05) is 40.8 Å². The molecule has 0 radical (unpaired) electrons. The molecule has 0 saturated carbocycles. The lowest BCUT2D eigenvalue weighted by Crippen LogP contribution is -2.23. The highest BCUT2D eigenvalue weighted by molar-refractivity contribution is 7.13. The van der Waals surface area contributed by atoms with Crippen LogP contribution < -0.4 is 10.1 Å². The zero-order valence-corrected chi connectivity index (χ0v) is 19.1. The molecule has 1 aromatic carbocycles. The van der Waals surface area contributed by atoms with Crippen LogP contribution in [0.4, 0.5) is 0 Å². The number of nitrogens with zero attached hydrogens (tertiary/aromatic N) is 3. The second kappa shape index (κ2) is 9.20. The Kier molecular flexibility index (Phi) is 6.18. The van der Waals surface area contributed by atoms with Gasteiger partial charge in [0.05, 0.1) is 24.1 Å². The number of pyridine rings is 1. The average molecular weight is 445 g/mol. The summed E-state index contributed by atoms with van der Waals surface area (Å²) in [7, 11) is 1.64. The van der Waals surface area contributed by atoms with E-state index in [0.717, 1.165) is 44.8 Å². The minimum absolute atomic E-state index is 0.144. The second-order valence-electron chi connectivity index (χ2n) is 7.29. The number of methoxy groups -OCH3 is 1. The first-order valence-corrected chi connectivity index (χ1v) is 11.0. The van der Waals surface area contributed by atoms with Crippen LogP contribution in [0.3, 0.4) is 0 Å². The lowest BCUT2D eigenvalue weighted by Gasteiger charge is -2.12. The molecule has 0 unspecified atom stereocenters. The van der Waals surface area contributed by atoms with Crippen molar-refractivity contribution < 1.29 is 9.53 Å². The molecule has 4 aromatic rings. The van der Waals surface area contributed by atoms with Crippen LogP contribution in [0.5, 0.6) is 5.75 Å². The van der Waals surface area contributed by atoms with E-state index >= 15 is 0 Å². The monoisotopic (exact) mass is 444 g/mol. The average Bonchev–Trinajstić information content (AvgIpc) is 3.43. The van der Waals surface area contributed by atoms with Gasteiger partial charge >= 0.3 is 0 Å². The van der Waals surface area contributed by atoms with Gasteiger partial charge in [-0.25, -0.2) is 4.98 Å². The van der Waals surface area contributed by atoms with Crippen LogP contribution in [0, 0.1) is 13.8 Å². The summed E-state index contributed by atoms with van der Waals surface area (Å²) in [6.07, 6.45) is 3.50. The molecule has 0 bridgehead atoms. The molecule has 0 spiro atoms. The molecule has 4 rings (SSSR count). The summed E-state index contributed by atoms with van der Waals surface area (Å²) in [4.78, 5) is 22.0. The quantitative estimate of drug-likeness (QED) is 0.398. The lowest BCUT2D eigenvalue weighted by molar-refractivity contribution is 0.0957. The second-order valence-corrected chi connectivity index (χ2v) is 8.15. The van der Waals surface area contributed by atoms with Gasteiger partial charge < -0.3 is 14.6 Å². The Bertz CT molecular complexity index is 1250. The minimum Gasteiger partial charge on any atom is -0.497 e. The molecule has 162 valence electrons. The van der Waals surface area contributed by atoms with Crippen LogP contribution >= 0.6 is 11.3 Å². The molecule has 0 aliphatic heterocycles. The molecule has 0 aliphatic carbocycles. The largest absolute Gasteiger partial charge is 0.497 e. The first kappa shape index (κ1) is 21.5. The van der Waals surface area contributed by atoms with Crippen molar-refractivity contribution in [1.82, 2.24) is 19.9 Å². The van der Waals surface area contributed by atoms with E-state index in [2.05, 4.69) is 21.4 Å². The van der Waals surface area contributed by atoms with E-state index < -0.39 is 0 Å². The number of carbonyl (C=O) groups is 1. The van der Waals surface area contributed by atoms with Gasteiger partial charge in [0.25, 0.3) is 5.91 Å². The Morgan fingerprint density at radius 1 is 1.22 bits per heavy atom. The zero-order chi connectivity index (χ0) is 22.7. The van der Waals surface area contributed by atoms with Crippen LogP contribution in [0.1, 0.15) is 21.7 Å². The van der Waals surface area contributed by atoms with Crippen LogP contribution in [0.15, 0.2) is 66.7 Å². The van der Waals surface area contributed by atoms with E-state index in [9.17, 15) is 4.79 Å². The van der Waals surface area contributed by atoms with Gasteiger partial charge in [-0.15, -0.1) is 17.9 Å². The highest BCUT2D eigenvalue weighted by atomic mass is 32.1. The number of aromatic nitrogens is 3. The number of amides is 1. The minimum atomic E-state index is -0.144. The normalized spacial score (nSPS) is 10.7. The highest BCUT2D eigenvalue weighted by Crippen LogP contribution is 2.33. The van der Waals surface area contributed by atoms with Crippen molar-refractivity contribution in [2.24, 2.45) is 0 Å². The third kappa shape index (κ3) is 4.20. The van der Waals surface area contributed by atoms with Gasteiger partial charge in [-0.3, -0.25) is 9.78 Å². The van der Waals surface area contributed by atoms with Gasteiger partial charge in [0.2, 0.25) is 0 Å². The molecule has 7 heteroatoms. The molecule has 3 aromatic heterocycles. The van der Waals surface area contributed by atoms with Gasteiger partial charge in [0.1, 0.15) is 10.8 Å². The number of benzene rings is 1. The van der Waals surface area contributed by atoms with Gasteiger partial charge in [-0.05, 0) is 56.3 Å². The fourth-order valence-corrected chi connectivity index (χ4v) is 4.27. The van der Waals surface area contributed by atoms with E-state index in [-0.39, 0.29) is 5.91 Å². The van der Waals surface area contributed by atoms with Gasteiger partial charge in [-0.1, -0.05) is 6.08 Å². The first-order chi connectivity index (χ1) is 15.5. The molecule has 0 saturated heterocycles. The fourth-order valence-electron chi connectivity index (χ4n) is 3.47. The molecule has 0 atom stereocenters. The maximum atomic E-state index is 12.8. The molecule has 1 amide bonds. The van der Waals surface area contributed by atoms with Crippen LogP contribution in [-0.2, 0) is 0 Å².